The summed E-state index contributed by atoms with van der Waals surface area (Å²) >= 11 is 0. The molecule has 0 bridgehead atoms. The van der Waals surface area contributed by atoms with E-state index in [9.17, 15) is 41.9 Å². The smallest absolute Gasteiger partial charge is 0.349 e. The number of fused-ring (bicyclic) bond motifs is 1. The lowest BCUT2D eigenvalue weighted by Gasteiger charge is -2.38. The molecule has 5 amide bonds. The van der Waals surface area contributed by atoms with Gasteiger partial charge in [0.05, 0.1) is 18.5 Å². The minimum atomic E-state index is -4.51. The van der Waals surface area contributed by atoms with Gasteiger partial charge in [0.25, 0.3) is 5.91 Å². The maximum absolute atomic E-state index is 14.3. The lowest BCUT2D eigenvalue weighted by atomic mass is 9.81. The molecule has 276 valence electrons. The number of amides is 5. The van der Waals surface area contributed by atoms with Gasteiger partial charge in [-0.2, -0.15) is 13.2 Å². The van der Waals surface area contributed by atoms with E-state index in [1.54, 1.807) is 27.7 Å². The molecule has 1 unspecified atom stereocenters. The van der Waals surface area contributed by atoms with Crippen LogP contribution in [-0.2, 0) is 24.0 Å². The minimum absolute atomic E-state index is 0.0144. The van der Waals surface area contributed by atoms with Crippen LogP contribution in [0.1, 0.15) is 106 Å². The van der Waals surface area contributed by atoms with E-state index in [1.165, 1.54) is 4.90 Å². The van der Waals surface area contributed by atoms with E-state index in [0.717, 1.165) is 44.9 Å². The van der Waals surface area contributed by atoms with Gasteiger partial charge in [0.2, 0.25) is 17.6 Å². The van der Waals surface area contributed by atoms with Gasteiger partial charge in [0.15, 0.2) is 5.78 Å². The van der Waals surface area contributed by atoms with E-state index in [0.29, 0.717) is 6.42 Å². The number of ketones is 2. The van der Waals surface area contributed by atoms with Crippen molar-refractivity contribution >= 4 is 35.3 Å². The SMILES string of the molecule is CCCC(NC(=O)[C@@H]1[C@@H]2[C@H](CN1C(=O)[C@@H](NC(=O)N[C@H](C(=O)C1CC1)C1CCCCC1)C(C)(C)C)C2(C)C)C(=O)C(=O)NCCC(F)(F)F. The molecular formula is C35H54F3N5O6. The van der Waals surface area contributed by atoms with E-state index < -0.39 is 78.3 Å². The van der Waals surface area contributed by atoms with Crippen molar-refractivity contribution in [1.29, 1.82) is 0 Å². The normalized spacial score (nSPS) is 25.3. The Morgan fingerprint density at radius 1 is 0.898 bits per heavy atom. The predicted molar refractivity (Wildman–Crippen MR) is 175 cm³/mol. The van der Waals surface area contributed by atoms with Gasteiger partial charge in [0, 0.05) is 19.0 Å². The summed E-state index contributed by atoms with van der Waals surface area (Å²) in [6, 6.07) is -4.58. The molecule has 49 heavy (non-hydrogen) atoms. The van der Waals surface area contributed by atoms with Crippen molar-refractivity contribution in [2.24, 2.45) is 34.5 Å². The van der Waals surface area contributed by atoms with Crippen LogP contribution in [0.2, 0.25) is 0 Å². The van der Waals surface area contributed by atoms with Gasteiger partial charge in [0.1, 0.15) is 12.1 Å². The number of hydrogen-bond donors (Lipinski definition) is 4. The average Bonchev–Trinajstić information content (AvgIpc) is 3.90. The number of rotatable bonds is 14. The van der Waals surface area contributed by atoms with Crippen molar-refractivity contribution in [1.82, 2.24) is 26.2 Å². The second kappa shape index (κ2) is 15.0. The molecule has 0 spiro atoms. The summed E-state index contributed by atoms with van der Waals surface area (Å²) in [5.74, 6) is -3.59. The van der Waals surface area contributed by atoms with Gasteiger partial charge in [-0.1, -0.05) is 67.2 Å². The highest BCUT2D eigenvalue weighted by atomic mass is 19.4. The lowest BCUT2D eigenvalue weighted by molar-refractivity contribution is -0.146. The van der Waals surface area contributed by atoms with Crippen molar-refractivity contribution in [2.45, 2.75) is 136 Å². The number of nitrogens with one attached hydrogen (secondary N) is 4. The first-order chi connectivity index (χ1) is 22.8. The maximum Gasteiger partial charge on any atom is 0.390 e. The Morgan fingerprint density at radius 2 is 1.53 bits per heavy atom. The van der Waals surface area contributed by atoms with E-state index in [4.69, 9.17) is 0 Å². The molecule has 14 heteroatoms. The monoisotopic (exact) mass is 697 g/mol. The second-order valence-electron chi connectivity index (χ2n) is 16.2. The molecule has 6 atom stereocenters. The van der Waals surface area contributed by atoms with E-state index in [2.05, 4.69) is 16.0 Å². The Hall–Kier alpha value is -3.19. The third-order valence-electron chi connectivity index (χ3n) is 11.0. The first kappa shape index (κ1) is 38.6. The highest BCUT2D eigenvalue weighted by Crippen LogP contribution is 2.65. The number of Topliss-reactive ketones (excluding diaryl/α,β-unsaturated/α-hetero) is 2. The van der Waals surface area contributed by atoms with Crippen LogP contribution in [0.5, 0.6) is 0 Å². The number of piperidine rings is 1. The summed E-state index contributed by atoms with van der Waals surface area (Å²) in [7, 11) is 0. The Bertz CT molecular complexity index is 1290. The number of carbonyl (C=O) groups excluding carboxylic acids is 6. The van der Waals surface area contributed by atoms with Crippen LogP contribution in [-0.4, -0.2) is 83.7 Å². The van der Waals surface area contributed by atoms with Crippen molar-refractivity contribution < 1.29 is 41.9 Å². The van der Waals surface area contributed by atoms with Gasteiger partial charge in [-0.15, -0.1) is 0 Å². The Morgan fingerprint density at radius 3 is 2.08 bits per heavy atom. The first-order valence-electron chi connectivity index (χ1n) is 17.9. The predicted octanol–water partition coefficient (Wildman–Crippen LogP) is 4.03. The largest absolute Gasteiger partial charge is 0.390 e. The molecular weight excluding hydrogens is 643 g/mol. The van der Waals surface area contributed by atoms with E-state index >= 15 is 0 Å². The molecule has 3 aliphatic carbocycles. The molecule has 1 heterocycles. The van der Waals surface area contributed by atoms with Crippen LogP contribution in [0.3, 0.4) is 0 Å². The molecule has 0 aromatic carbocycles. The summed E-state index contributed by atoms with van der Waals surface area (Å²) < 4.78 is 37.7. The molecule has 4 aliphatic rings. The van der Waals surface area contributed by atoms with Gasteiger partial charge in [-0.25, -0.2) is 4.79 Å². The summed E-state index contributed by atoms with van der Waals surface area (Å²) in [6.07, 6.45) is 1.09. The summed E-state index contributed by atoms with van der Waals surface area (Å²) in [6.45, 7) is 10.6. The van der Waals surface area contributed by atoms with Crippen molar-refractivity contribution in [2.75, 3.05) is 13.1 Å². The molecule has 11 nitrogen and oxygen atoms in total. The molecule has 0 radical (unpaired) electrons. The van der Waals surface area contributed by atoms with Crippen LogP contribution in [0.25, 0.3) is 0 Å². The quantitative estimate of drug-likeness (QED) is 0.201. The highest BCUT2D eigenvalue weighted by molar-refractivity contribution is 6.38. The summed E-state index contributed by atoms with van der Waals surface area (Å²) in [4.78, 5) is 81.9. The highest BCUT2D eigenvalue weighted by Gasteiger charge is 2.70. The second-order valence-corrected chi connectivity index (χ2v) is 16.2. The fourth-order valence-corrected chi connectivity index (χ4v) is 7.83. The fraction of sp³-hybridized carbons (Fsp3) is 0.829. The first-order valence-corrected chi connectivity index (χ1v) is 17.9. The van der Waals surface area contributed by atoms with E-state index in [1.807, 2.05) is 19.2 Å². The number of alkyl halides is 3. The van der Waals surface area contributed by atoms with Crippen LogP contribution < -0.4 is 21.3 Å². The molecule has 0 aromatic heterocycles. The third kappa shape index (κ3) is 9.33. The average molecular weight is 698 g/mol. The Balaban J connectivity index is 1.49. The zero-order valence-corrected chi connectivity index (χ0v) is 29.6. The third-order valence-corrected chi connectivity index (χ3v) is 11.0. The fourth-order valence-electron chi connectivity index (χ4n) is 7.83. The number of nitrogens with zero attached hydrogens (tertiary/aromatic N) is 1. The van der Waals surface area contributed by atoms with Crippen LogP contribution >= 0.6 is 0 Å². The maximum atomic E-state index is 14.3. The van der Waals surface area contributed by atoms with Gasteiger partial charge >= 0.3 is 12.2 Å². The molecule has 0 aromatic rings. The molecule has 4 rings (SSSR count). The van der Waals surface area contributed by atoms with E-state index in [-0.39, 0.29) is 47.8 Å². The molecule has 3 saturated carbocycles. The number of carbonyl (C=O) groups is 6. The van der Waals surface area contributed by atoms with Crippen molar-refractivity contribution in [3.63, 3.8) is 0 Å². The Labute approximate surface area is 287 Å². The lowest BCUT2D eigenvalue weighted by Crippen LogP contribution is -2.62. The topological polar surface area (TPSA) is 154 Å². The Kier molecular flexibility index (Phi) is 11.8. The number of urea groups is 1. The van der Waals surface area contributed by atoms with Gasteiger partial charge < -0.3 is 26.2 Å². The van der Waals surface area contributed by atoms with Crippen LogP contribution in [0, 0.1) is 34.5 Å². The van der Waals surface area contributed by atoms with Crippen molar-refractivity contribution in [3.05, 3.63) is 0 Å². The summed E-state index contributed by atoms with van der Waals surface area (Å²) in [5, 5.41) is 10.4. The number of likely N-dealkylation sites (tertiary alicyclic amines) is 1. The van der Waals surface area contributed by atoms with Crippen LogP contribution in [0.4, 0.5) is 18.0 Å². The number of halogens is 3. The molecule has 4 N–H and O–H groups in total. The van der Waals surface area contributed by atoms with Gasteiger partial charge in [-0.3, -0.25) is 24.0 Å². The zero-order valence-electron chi connectivity index (χ0n) is 29.6. The molecule has 1 aliphatic heterocycles. The van der Waals surface area contributed by atoms with Gasteiger partial charge in [-0.05, 0) is 60.7 Å². The zero-order chi connectivity index (χ0) is 36.5. The summed E-state index contributed by atoms with van der Waals surface area (Å²) in [5.41, 5.74) is -1.07. The standard InChI is InChI=1S/C35H54F3N5O6/c1-7-11-22(27(45)30(47)39-17-16-35(36,37)38)40-29(46)25-23-21(34(23,5)6)18-43(25)31(48)28(33(2,3)4)42-32(49)41-24(26(44)20-14-15-20)19-12-9-8-10-13-19/h19-25,28H,7-18H2,1-6H3,(H,39,47)(H,40,46)(H2,41,42,49)/t21-,22?,23-,24-,25-,28+/m0/s1. The number of hydrogen-bond acceptors (Lipinski definition) is 6. The van der Waals surface area contributed by atoms with Crippen molar-refractivity contribution in [3.8, 4) is 0 Å². The van der Waals surface area contributed by atoms with Crippen LogP contribution in [0.15, 0.2) is 0 Å². The molecule has 1 saturated heterocycles. The minimum Gasteiger partial charge on any atom is -0.349 e. The molecule has 4 fully saturated rings.